The second-order valence-electron chi connectivity index (χ2n) is 11.6. The summed E-state index contributed by atoms with van der Waals surface area (Å²) >= 11 is 0. The lowest BCUT2D eigenvalue weighted by molar-refractivity contribution is -0.120. The van der Waals surface area contributed by atoms with E-state index in [2.05, 4.69) is 41.1 Å². The van der Waals surface area contributed by atoms with Crippen molar-refractivity contribution >= 4 is 36.6 Å². The van der Waals surface area contributed by atoms with Gasteiger partial charge in [0.1, 0.15) is 12.8 Å². The molecule has 2 amide bonds. The number of hydrogen-bond donors (Lipinski definition) is 1. The fourth-order valence-electron chi connectivity index (χ4n) is 4.89. The molecule has 1 fully saturated rings. The molecule has 0 bridgehead atoms. The molecular weight excluding hydrogens is 482 g/mol. The summed E-state index contributed by atoms with van der Waals surface area (Å²) in [6, 6.07) is 10.4. The molecule has 1 aromatic carbocycles. The Bertz CT molecular complexity index is 1310. The number of benzene rings is 1. The van der Waals surface area contributed by atoms with E-state index in [1.54, 1.807) is 16.6 Å². The maximum absolute atomic E-state index is 13.6. The number of pyridine rings is 1. The molecule has 1 aliphatic carbocycles. The minimum Gasteiger partial charge on any atom is -0.359 e. The van der Waals surface area contributed by atoms with E-state index in [4.69, 9.17) is 4.74 Å². The summed E-state index contributed by atoms with van der Waals surface area (Å²) in [6.45, 7) is 7.84. The highest BCUT2D eigenvalue weighted by Gasteiger charge is 2.31. The van der Waals surface area contributed by atoms with Gasteiger partial charge < -0.3 is 15.0 Å². The number of carbonyl (C=O) groups is 2. The number of carbonyl (C=O) groups excluding carboxylic acids is 2. The van der Waals surface area contributed by atoms with Gasteiger partial charge >= 0.3 is 0 Å². The number of nitrogens with zero attached hydrogens (tertiary/aromatic N) is 4. The van der Waals surface area contributed by atoms with Crippen LogP contribution in [0.15, 0.2) is 36.5 Å². The predicted octanol–water partition coefficient (Wildman–Crippen LogP) is 4.72. The van der Waals surface area contributed by atoms with Crippen LogP contribution < -0.4 is 10.2 Å². The van der Waals surface area contributed by atoms with Crippen molar-refractivity contribution in [2.45, 2.75) is 76.5 Å². The monoisotopic (exact) mass is 519 g/mol. The number of fused-ring (bicyclic) bond motifs is 2. The Labute approximate surface area is 219 Å². The first-order valence-corrected chi connectivity index (χ1v) is 17.0. The molecule has 0 spiro atoms. The van der Waals surface area contributed by atoms with Crippen molar-refractivity contribution in [2.24, 2.45) is 0 Å². The third-order valence-corrected chi connectivity index (χ3v) is 9.01. The van der Waals surface area contributed by atoms with E-state index in [0.717, 1.165) is 48.5 Å². The molecule has 0 unspecified atom stereocenters. The molecular formula is C28H37N5O3Si. The summed E-state index contributed by atoms with van der Waals surface area (Å²) in [7, 11) is 0.565. The molecule has 3 heterocycles. The Hall–Kier alpha value is -3.04. The second kappa shape index (κ2) is 10.4. The van der Waals surface area contributed by atoms with Crippen molar-refractivity contribution < 1.29 is 14.3 Å². The summed E-state index contributed by atoms with van der Waals surface area (Å²) in [5.41, 5.74) is 4.13. The number of nitrogens with one attached hydrogen (secondary N) is 1. The fourth-order valence-corrected chi connectivity index (χ4v) is 5.64. The van der Waals surface area contributed by atoms with Crippen LogP contribution in [0.4, 0.5) is 5.69 Å². The lowest BCUT2D eigenvalue weighted by Gasteiger charge is -2.28. The molecule has 8 nitrogen and oxygen atoms in total. The average Bonchev–Trinajstić information content (AvgIpc) is 3.65. The summed E-state index contributed by atoms with van der Waals surface area (Å²) in [5, 5.41) is 8.35. The van der Waals surface area contributed by atoms with Crippen molar-refractivity contribution in [2.75, 3.05) is 18.6 Å². The zero-order valence-electron chi connectivity index (χ0n) is 22.3. The Kier molecular flexibility index (Phi) is 7.18. The van der Waals surface area contributed by atoms with Crippen LogP contribution in [-0.4, -0.2) is 54.3 Å². The first-order valence-electron chi connectivity index (χ1n) is 13.3. The van der Waals surface area contributed by atoms with Crippen LogP contribution >= 0.6 is 0 Å². The molecule has 37 heavy (non-hydrogen) atoms. The highest BCUT2D eigenvalue weighted by atomic mass is 28.3. The largest absolute Gasteiger partial charge is 0.359 e. The van der Waals surface area contributed by atoms with Gasteiger partial charge in [0.2, 0.25) is 5.91 Å². The van der Waals surface area contributed by atoms with Crippen molar-refractivity contribution in [3.63, 3.8) is 0 Å². The van der Waals surface area contributed by atoms with E-state index in [1.165, 1.54) is 0 Å². The Morgan fingerprint density at radius 3 is 2.73 bits per heavy atom. The first-order chi connectivity index (χ1) is 17.7. The Morgan fingerprint density at radius 2 is 1.97 bits per heavy atom. The number of likely N-dealkylation sites (N-methyl/N-ethyl adjacent to an activating group) is 1. The lowest BCUT2D eigenvalue weighted by Crippen LogP contribution is -2.48. The van der Waals surface area contributed by atoms with Crippen molar-refractivity contribution in [1.82, 2.24) is 20.1 Å². The van der Waals surface area contributed by atoms with Crippen molar-refractivity contribution in [1.29, 1.82) is 0 Å². The van der Waals surface area contributed by atoms with Gasteiger partial charge in [-0.15, -0.1) is 0 Å². The van der Waals surface area contributed by atoms with Gasteiger partial charge in [0.25, 0.3) is 5.91 Å². The number of amides is 2. The quantitative estimate of drug-likeness (QED) is 0.344. The molecule has 0 radical (unpaired) electrons. The van der Waals surface area contributed by atoms with Crippen LogP contribution in [0.3, 0.4) is 0 Å². The molecule has 5 rings (SSSR count). The summed E-state index contributed by atoms with van der Waals surface area (Å²) < 4.78 is 7.61. The number of ether oxygens (including phenoxy) is 1. The zero-order chi connectivity index (χ0) is 26.2. The normalized spacial score (nSPS) is 18.4. The minimum absolute atomic E-state index is 0.115. The lowest BCUT2D eigenvalue weighted by atomic mass is 9.98. The summed E-state index contributed by atoms with van der Waals surface area (Å²) in [4.78, 5) is 33.3. The fraction of sp³-hybridized carbons (Fsp3) is 0.500. The predicted molar refractivity (Wildman–Crippen MR) is 148 cm³/mol. The Morgan fingerprint density at radius 1 is 1.19 bits per heavy atom. The number of hydrogen-bond acceptors (Lipinski definition) is 5. The molecule has 2 aliphatic rings. The highest BCUT2D eigenvalue weighted by Crippen LogP contribution is 2.40. The zero-order valence-corrected chi connectivity index (χ0v) is 23.3. The smallest absolute Gasteiger partial charge is 0.273 e. The molecule has 1 atom stereocenters. The molecule has 196 valence electrons. The molecule has 9 heteroatoms. The minimum atomic E-state index is -1.21. The van der Waals surface area contributed by atoms with Crippen LogP contribution in [0, 0.1) is 0 Å². The van der Waals surface area contributed by atoms with Crippen molar-refractivity contribution in [3.05, 3.63) is 53.3 Å². The van der Waals surface area contributed by atoms with Crippen LogP contribution in [-0.2, 0) is 22.7 Å². The van der Waals surface area contributed by atoms with Crippen molar-refractivity contribution in [3.8, 4) is 0 Å². The first kappa shape index (κ1) is 25.6. The molecule has 3 aromatic rings. The SMILES string of the molecule is CN1C(=O)[C@@H](NC(=O)c2nn(COCC[Si](C)(C)C)c3ncc(C4CC4)cc23)CCCc2ccccc21. The van der Waals surface area contributed by atoms with E-state index < -0.39 is 14.1 Å². The highest BCUT2D eigenvalue weighted by molar-refractivity contribution is 6.76. The number of anilines is 1. The van der Waals surface area contributed by atoms with E-state index in [0.29, 0.717) is 35.7 Å². The van der Waals surface area contributed by atoms with Crippen LogP contribution in [0.1, 0.15) is 53.2 Å². The summed E-state index contributed by atoms with van der Waals surface area (Å²) in [6.07, 6.45) is 6.44. The topological polar surface area (TPSA) is 89.4 Å². The third kappa shape index (κ3) is 5.77. The summed E-state index contributed by atoms with van der Waals surface area (Å²) in [5.74, 6) is 0.0435. The van der Waals surface area contributed by atoms with Crippen LogP contribution in [0.5, 0.6) is 0 Å². The van der Waals surface area contributed by atoms with Gasteiger partial charge in [-0.25, -0.2) is 9.67 Å². The number of aromatic nitrogens is 3. The van der Waals surface area contributed by atoms with Gasteiger partial charge in [0.15, 0.2) is 11.3 Å². The van der Waals surface area contributed by atoms with Gasteiger partial charge in [-0.1, -0.05) is 37.8 Å². The average molecular weight is 520 g/mol. The molecule has 1 aliphatic heterocycles. The van der Waals surface area contributed by atoms with Gasteiger partial charge in [0, 0.05) is 33.6 Å². The number of aryl methyl sites for hydroxylation is 1. The standard InChI is InChI=1S/C28H37N5O3Si/c1-32-24-11-6-5-8-20(24)9-7-10-23(28(32)35)30-27(34)25-22-16-21(19-12-13-19)17-29-26(22)33(31-25)18-36-14-15-37(2,3)4/h5-6,8,11,16-17,19,23H,7,9-10,12-15,18H2,1-4H3,(H,30,34)/t23-/m0/s1. The number of para-hydroxylation sites is 1. The van der Waals surface area contributed by atoms with E-state index in [9.17, 15) is 9.59 Å². The maximum atomic E-state index is 13.6. The van der Waals surface area contributed by atoms with Gasteiger partial charge in [-0.2, -0.15) is 5.10 Å². The molecule has 1 N–H and O–H groups in total. The molecule has 2 aromatic heterocycles. The second-order valence-corrected chi connectivity index (χ2v) is 17.2. The van der Waals surface area contributed by atoms with Crippen LogP contribution in [0.2, 0.25) is 25.7 Å². The number of rotatable bonds is 8. The molecule has 1 saturated carbocycles. The van der Waals surface area contributed by atoms with Crippen LogP contribution in [0.25, 0.3) is 11.0 Å². The third-order valence-electron chi connectivity index (χ3n) is 7.31. The van der Waals surface area contributed by atoms with E-state index in [-0.39, 0.29) is 18.5 Å². The van der Waals surface area contributed by atoms with Gasteiger partial charge in [-0.05, 0) is 67.3 Å². The van der Waals surface area contributed by atoms with Gasteiger partial charge in [-0.3, -0.25) is 9.59 Å². The Balaban J connectivity index is 1.38. The van der Waals surface area contributed by atoms with E-state index >= 15 is 0 Å². The molecule has 0 saturated heterocycles. The van der Waals surface area contributed by atoms with Gasteiger partial charge in [0.05, 0.1) is 5.39 Å². The van der Waals surface area contributed by atoms with E-state index in [1.807, 2.05) is 30.5 Å². The maximum Gasteiger partial charge on any atom is 0.273 e.